The van der Waals surface area contributed by atoms with Crippen LogP contribution in [0.2, 0.25) is 5.02 Å². The van der Waals surface area contributed by atoms with Gasteiger partial charge in [0.1, 0.15) is 5.75 Å². The monoisotopic (exact) mass is 339 g/mol. The number of nitrogens with one attached hydrogen (secondary N) is 1. The van der Waals surface area contributed by atoms with Crippen LogP contribution >= 0.6 is 27.5 Å². The molecule has 1 N–H and O–H groups in total. The zero-order valence-corrected chi connectivity index (χ0v) is 13.2. The van der Waals surface area contributed by atoms with Crippen molar-refractivity contribution in [2.24, 2.45) is 0 Å². The molecule has 0 radical (unpaired) electrons. The highest BCUT2D eigenvalue weighted by Gasteiger charge is 2.02. The van der Waals surface area contributed by atoms with Crippen LogP contribution in [0.15, 0.2) is 40.9 Å². The SMILES string of the molecule is COc1ccc(CNc2ccc(C)c(Cl)c2)cc1Br. The molecule has 0 aliphatic carbocycles. The summed E-state index contributed by atoms with van der Waals surface area (Å²) in [4.78, 5) is 0. The van der Waals surface area contributed by atoms with Crippen LogP contribution in [-0.2, 0) is 6.54 Å². The Balaban J connectivity index is 2.05. The molecule has 0 unspecified atom stereocenters. The molecular weight excluding hydrogens is 326 g/mol. The minimum Gasteiger partial charge on any atom is -0.496 e. The number of hydrogen-bond acceptors (Lipinski definition) is 2. The van der Waals surface area contributed by atoms with Crippen LogP contribution in [0.5, 0.6) is 5.75 Å². The van der Waals surface area contributed by atoms with Crippen LogP contribution in [0.25, 0.3) is 0 Å². The van der Waals surface area contributed by atoms with Crippen molar-refractivity contribution >= 4 is 33.2 Å². The van der Waals surface area contributed by atoms with Gasteiger partial charge in [-0.05, 0) is 58.2 Å². The van der Waals surface area contributed by atoms with Gasteiger partial charge in [0, 0.05) is 17.3 Å². The summed E-state index contributed by atoms with van der Waals surface area (Å²) >= 11 is 9.58. The molecule has 2 nitrogen and oxygen atoms in total. The van der Waals surface area contributed by atoms with E-state index in [1.807, 2.05) is 43.3 Å². The molecule has 2 rings (SSSR count). The molecule has 0 aromatic heterocycles. The smallest absolute Gasteiger partial charge is 0.133 e. The van der Waals surface area contributed by atoms with Gasteiger partial charge in [-0.1, -0.05) is 23.7 Å². The number of halogens is 2. The van der Waals surface area contributed by atoms with Gasteiger partial charge in [0.2, 0.25) is 0 Å². The first kappa shape index (κ1) is 14.2. The van der Waals surface area contributed by atoms with E-state index in [4.69, 9.17) is 16.3 Å². The highest BCUT2D eigenvalue weighted by atomic mass is 79.9. The first-order chi connectivity index (χ1) is 9.10. The van der Waals surface area contributed by atoms with Crippen molar-refractivity contribution in [2.45, 2.75) is 13.5 Å². The summed E-state index contributed by atoms with van der Waals surface area (Å²) in [5, 5.41) is 4.13. The third-order valence-corrected chi connectivity index (χ3v) is 3.91. The van der Waals surface area contributed by atoms with E-state index in [1.54, 1.807) is 7.11 Å². The summed E-state index contributed by atoms with van der Waals surface area (Å²) in [6, 6.07) is 12.0. The summed E-state index contributed by atoms with van der Waals surface area (Å²) in [7, 11) is 1.66. The zero-order valence-electron chi connectivity index (χ0n) is 10.8. The quantitative estimate of drug-likeness (QED) is 0.842. The van der Waals surface area contributed by atoms with E-state index in [2.05, 4.69) is 21.2 Å². The van der Waals surface area contributed by atoms with Crippen LogP contribution in [0.4, 0.5) is 5.69 Å². The molecule has 0 amide bonds. The number of ether oxygens (including phenoxy) is 1. The molecule has 0 spiro atoms. The van der Waals surface area contributed by atoms with E-state index in [-0.39, 0.29) is 0 Å². The van der Waals surface area contributed by atoms with E-state index in [0.29, 0.717) is 0 Å². The van der Waals surface area contributed by atoms with E-state index in [0.717, 1.165) is 33.0 Å². The highest BCUT2D eigenvalue weighted by molar-refractivity contribution is 9.10. The Hall–Kier alpha value is -1.19. The standard InChI is InChI=1S/C15H15BrClNO/c1-10-3-5-12(8-14(10)17)18-9-11-4-6-15(19-2)13(16)7-11/h3-8,18H,9H2,1-2H3. The summed E-state index contributed by atoms with van der Waals surface area (Å²) in [6.45, 7) is 2.73. The Morgan fingerprint density at radius 3 is 2.63 bits per heavy atom. The fraction of sp³-hybridized carbons (Fsp3) is 0.200. The minimum atomic E-state index is 0.738. The predicted octanol–water partition coefficient (Wildman–Crippen LogP) is 5.03. The molecule has 2 aromatic carbocycles. The number of anilines is 1. The minimum absolute atomic E-state index is 0.738. The summed E-state index contributed by atoms with van der Waals surface area (Å²) < 4.78 is 6.16. The van der Waals surface area contributed by atoms with Crippen molar-refractivity contribution < 1.29 is 4.74 Å². The largest absolute Gasteiger partial charge is 0.496 e. The van der Waals surface area contributed by atoms with Crippen molar-refractivity contribution in [2.75, 3.05) is 12.4 Å². The summed E-state index contributed by atoms with van der Waals surface area (Å²) in [6.07, 6.45) is 0. The molecule has 0 aliphatic heterocycles. The van der Waals surface area contributed by atoms with Gasteiger partial charge in [-0.3, -0.25) is 0 Å². The number of benzene rings is 2. The van der Waals surface area contributed by atoms with Crippen molar-refractivity contribution in [3.63, 3.8) is 0 Å². The summed E-state index contributed by atoms with van der Waals surface area (Å²) in [5.41, 5.74) is 3.27. The highest BCUT2D eigenvalue weighted by Crippen LogP contribution is 2.26. The van der Waals surface area contributed by atoms with Crippen LogP contribution in [-0.4, -0.2) is 7.11 Å². The molecule has 4 heteroatoms. The summed E-state index contributed by atoms with van der Waals surface area (Å²) in [5.74, 6) is 0.835. The number of methoxy groups -OCH3 is 1. The van der Waals surface area contributed by atoms with Gasteiger partial charge in [-0.2, -0.15) is 0 Å². The van der Waals surface area contributed by atoms with E-state index >= 15 is 0 Å². The first-order valence-electron chi connectivity index (χ1n) is 5.92. The Morgan fingerprint density at radius 2 is 2.00 bits per heavy atom. The molecule has 0 saturated heterocycles. The topological polar surface area (TPSA) is 21.3 Å². The van der Waals surface area contributed by atoms with Gasteiger partial charge in [0.25, 0.3) is 0 Å². The molecule has 2 aromatic rings. The molecule has 0 aliphatic rings. The van der Waals surface area contributed by atoms with Crippen molar-refractivity contribution in [3.8, 4) is 5.75 Å². The Morgan fingerprint density at radius 1 is 1.21 bits per heavy atom. The van der Waals surface area contributed by atoms with Gasteiger partial charge in [-0.25, -0.2) is 0 Å². The van der Waals surface area contributed by atoms with Gasteiger partial charge < -0.3 is 10.1 Å². The molecule has 0 fully saturated rings. The fourth-order valence-corrected chi connectivity index (χ4v) is 2.50. The fourth-order valence-electron chi connectivity index (χ4n) is 1.73. The Bertz CT molecular complexity index is 586. The maximum Gasteiger partial charge on any atom is 0.133 e. The second-order valence-electron chi connectivity index (χ2n) is 4.29. The third-order valence-electron chi connectivity index (χ3n) is 2.88. The van der Waals surface area contributed by atoms with Gasteiger partial charge in [0.05, 0.1) is 11.6 Å². The second-order valence-corrected chi connectivity index (χ2v) is 5.55. The van der Waals surface area contributed by atoms with Crippen molar-refractivity contribution in [3.05, 3.63) is 57.0 Å². The second kappa shape index (κ2) is 6.31. The third kappa shape index (κ3) is 3.64. The van der Waals surface area contributed by atoms with Crippen LogP contribution < -0.4 is 10.1 Å². The molecular formula is C15H15BrClNO. The van der Waals surface area contributed by atoms with Crippen LogP contribution in [0, 0.1) is 6.92 Å². The zero-order chi connectivity index (χ0) is 13.8. The van der Waals surface area contributed by atoms with E-state index in [1.165, 1.54) is 5.56 Å². The number of rotatable bonds is 4. The van der Waals surface area contributed by atoms with E-state index < -0.39 is 0 Å². The molecule has 0 bridgehead atoms. The van der Waals surface area contributed by atoms with Gasteiger partial charge in [0.15, 0.2) is 0 Å². The average Bonchev–Trinajstić information content (AvgIpc) is 2.40. The molecule has 0 atom stereocenters. The van der Waals surface area contributed by atoms with Crippen LogP contribution in [0.1, 0.15) is 11.1 Å². The maximum atomic E-state index is 6.10. The lowest BCUT2D eigenvalue weighted by molar-refractivity contribution is 0.412. The number of aryl methyl sites for hydroxylation is 1. The van der Waals surface area contributed by atoms with E-state index in [9.17, 15) is 0 Å². The predicted molar refractivity (Wildman–Crippen MR) is 84.2 cm³/mol. The molecule has 0 heterocycles. The molecule has 19 heavy (non-hydrogen) atoms. The normalized spacial score (nSPS) is 10.3. The van der Waals surface area contributed by atoms with Gasteiger partial charge in [-0.15, -0.1) is 0 Å². The van der Waals surface area contributed by atoms with Crippen LogP contribution in [0.3, 0.4) is 0 Å². The lowest BCUT2D eigenvalue weighted by Crippen LogP contribution is -1.99. The number of hydrogen-bond donors (Lipinski definition) is 1. The van der Waals surface area contributed by atoms with Crippen molar-refractivity contribution in [1.29, 1.82) is 0 Å². The lowest BCUT2D eigenvalue weighted by Gasteiger charge is -2.10. The van der Waals surface area contributed by atoms with Crippen molar-refractivity contribution in [1.82, 2.24) is 0 Å². The average molecular weight is 341 g/mol. The Labute approximate surface area is 126 Å². The maximum absolute atomic E-state index is 6.10. The molecule has 100 valence electrons. The van der Waals surface area contributed by atoms with Gasteiger partial charge >= 0.3 is 0 Å². The molecule has 0 saturated carbocycles. The lowest BCUT2D eigenvalue weighted by atomic mass is 10.2. The first-order valence-corrected chi connectivity index (χ1v) is 7.09. The Kier molecular flexibility index (Phi) is 4.72.